The molecule has 0 aromatic heterocycles. The van der Waals surface area contributed by atoms with Crippen LogP contribution in [0.15, 0.2) is 21.5 Å². The molecule has 0 atom stereocenters. The van der Waals surface area contributed by atoms with E-state index in [2.05, 4.69) is 15.9 Å². The number of hydrogen-bond donors (Lipinski definition) is 0. The van der Waals surface area contributed by atoms with Gasteiger partial charge >= 0.3 is 0 Å². The number of methoxy groups -OCH3 is 1. The van der Waals surface area contributed by atoms with Crippen LogP contribution in [0.3, 0.4) is 0 Å². The number of ether oxygens (including phenoxy) is 1. The maximum absolute atomic E-state index is 11.3. The molecular weight excluding hydrogens is 292 g/mol. The SMILES string of the molecule is COc1ccc(Br)c(C)c1S(=O)(=O)Cl. The van der Waals surface area contributed by atoms with Crippen LogP contribution in [0.4, 0.5) is 0 Å². The van der Waals surface area contributed by atoms with Crippen molar-refractivity contribution in [1.29, 1.82) is 0 Å². The van der Waals surface area contributed by atoms with E-state index in [1.54, 1.807) is 19.1 Å². The lowest BCUT2D eigenvalue weighted by atomic mass is 10.2. The monoisotopic (exact) mass is 298 g/mol. The first-order valence-corrected chi connectivity index (χ1v) is 6.76. The quantitative estimate of drug-likeness (QED) is 0.789. The highest BCUT2D eigenvalue weighted by Crippen LogP contribution is 2.34. The Hall–Kier alpha value is -0.260. The summed E-state index contributed by atoms with van der Waals surface area (Å²) in [5, 5.41) is 0. The van der Waals surface area contributed by atoms with Gasteiger partial charge in [0.05, 0.1) is 7.11 Å². The molecule has 0 amide bonds. The minimum absolute atomic E-state index is 0.0102. The Bertz CT molecular complexity index is 456. The summed E-state index contributed by atoms with van der Waals surface area (Å²) >= 11 is 3.22. The van der Waals surface area contributed by atoms with Gasteiger partial charge < -0.3 is 4.74 Å². The largest absolute Gasteiger partial charge is 0.495 e. The van der Waals surface area contributed by atoms with Crippen molar-refractivity contribution < 1.29 is 13.2 Å². The van der Waals surface area contributed by atoms with E-state index in [0.29, 0.717) is 10.0 Å². The highest BCUT2D eigenvalue weighted by atomic mass is 79.9. The summed E-state index contributed by atoms with van der Waals surface area (Å²) in [5.74, 6) is 0.251. The summed E-state index contributed by atoms with van der Waals surface area (Å²) in [6.45, 7) is 1.65. The summed E-state index contributed by atoms with van der Waals surface area (Å²) in [5.41, 5.74) is 0.541. The number of benzene rings is 1. The molecule has 6 heteroatoms. The van der Waals surface area contributed by atoms with E-state index in [-0.39, 0.29) is 10.6 Å². The fourth-order valence-electron chi connectivity index (χ4n) is 1.11. The molecule has 0 radical (unpaired) electrons. The van der Waals surface area contributed by atoms with Gasteiger partial charge in [0.1, 0.15) is 10.6 Å². The van der Waals surface area contributed by atoms with E-state index in [0.717, 1.165) is 0 Å². The Morgan fingerprint density at radius 2 is 2.00 bits per heavy atom. The van der Waals surface area contributed by atoms with Crippen molar-refractivity contribution in [2.45, 2.75) is 11.8 Å². The standard InChI is InChI=1S/C8H8BrClO3S/c1-5-6(9)3-4-7(13-2)8(5)14(10,11)12/h3-4H,1-2H3. The molecular formula is C8H8BrClO3S. The normalized spacial score (nSPS) is 11.4. The second-order valence-electron chi connectivity index (χ2n) is 2.64. The molecule has 78 valence electrons. The Kier molecular flexibility index (Phi) is 3.44. The van der Waals surface area contributed by atoms with Gasteiger partial charge in [-0.2, -0.15) is 0 Å². The van der Waals surface area contributed by atoms with Gasteiger partial charge in [-0.05, 0) is 24.6 Å². The third-order valence-electron chi connectivity index (χ3n) is 1.77. The smallest absolute Gasteiger partial charge is 0.265 e. The van der Waals surface area contributed by atoms with E-state index >= 15 is 0 Å². The fraction of sp³-hybridized carbons (Fsp3) is 0.250. The molecule has 1 rings (SSSR count). The second-order valence-corrected chi connectivity index (χ2v) is 6.00. The Morgan fingerprint density at radius 1 is 1.43 bits per heavy atom. The van der Waals surface area contributed by atoms with Crippen molar-refractivity contribution in [3.05, 3.63) is 22.2 Å². The molecule has 0 spiro atoms. The van der Waals surface area contributed by atoms with Crippen LogP contribution in [0.1, 0.15) is 5.56 Å². The van der Waals surface area contributed by atoms with Crippen LogP contribution in [0, 0.1) is 6.92 Å². The molecule has 1 aromatic carbocycles. The molecule has 14 heavy (non-hydrogen) atoms. The van der Waals surface area contributed by atoms with Crippen molar-refractivity contribution in [3.63, 3.8) is 0 Å². The summed E-state index contributed by atoms with van der Waals surface area (Å²) < 4.78 is 28.1. The van der Waals surface area contributed by atoms with Gasteiger partial charge in [0.15, 0.2) is 0 Å². The van der Waals surface area contributed by atoms with Crippen LogP contribution >= 0.6 is 26.6 Å². The third kappa shape index (κ3) is 2.21. The molecule has 1 aromatic rings. The lowest BCUT2D eigenvalue weighted by Gasteiger charge is -2.09. The van der Waals surface area contributed by atoms with E-state index < -0.39 is 9.05 Å². The van der Waals surface area contributed by atoms with Crippen LogP contribution < -0.4 is 4.74 Å². The molecule has 0 bridgehead atoms. The van der Waals surface area contributed by atoms with E-state index in [1.165, 1.54) is 7.11 Å². The number of hydrogen-bond acceptors (Lipinski definition) is 3. The minimum Gasteiger partial charge on any atom is -0.495 e. The molecule has 0 N–H and O–H groups in total. The number of rotatable bonds is 2. The summed E-state index contributed by atoms with van der Waals surface area (Å²) in [4.78, 5) is 0.0102. The van der Waals surface area contributed by atoms with Gasteiger partial charge in [0.25, 0.3) is 9.05 Å². The average molecular weight is 300 g/mol. The highest BCUT2D eigenvalue weighted by molar-refractivity contribution is 9.10. The average Bonchev–Trinajstić information content (AvgIpc) is 2.07. The maximum Gasteiger partial charge on any atom is 0.265 e. The fourth-order valence-corrected chi connectivity index (χ4v) is 3.01. The van der Waals surface area contributed by atoms with E-state index in [4.69, 9.17) is 15.4 Å². The predicted octanol–water partition coefficient (Wildman–Crippen LogP) is 2.69. The Labute approximate surface area is 95.6 Å². The highest BCUT2D eigenvalue weighted by Gasteiger charge is 2.20. The molecule has 0 saturated heterocycles. The van der Waals surface area contributed by atoms with E-state index in [9.17, 15) is 8.42 Å². The van der Waals surface area contributed by atoms with Gasteiger partial charge in [-0.25, -0.2) is 8.42 Å². The molecule has 0 unspecified atom stereocenters. The molecule has 0 heterocycles. The lowest BCUT2D eigenvalue weighted by molar-refractivity contribution is 0.402. The summed E-state index contributed by atoms with van der Waals surface area (Å²) in [6, 6.07) is 3.26. The maximum atomic E-state index is 11.3. The van der Waals surface area contributed by atoms with Crippen LogP contribution in [0.5, 0.6) is 5.75 Å². The first kappa shape index (κ1) is 11.8. The van der Waals surface area contributed by atoms with Gasteiger partial charge in [-0.1, -0.05) is 15.9 Å². The van der Waals surface area contributed by atoms with Crippen molar-refractivity contribution in [3.8, 4) is 5.75 Å². The van der Waals surface area contributed by atoms with Gasteiger partial charge in [-0.15, -0.1) is 0 Å². The summed E-state index contributed by atoms with van der Waals surface area (Å²) in [7, 11) is 2.91. The lowest BCUT2D eigenvalue weighted by Crippen LogP contribution is -1.99. The summed E-state index contributed by atoms with van der Waals surface area (Å²) in [6.07, 6.45) is 0. The molecule has 0 aliphatic heterocycles. The zero-order valence-corrected chi connectivity index (χ0v) is 10.7. The zero-order valence-electron chi connectivity index (χ0n) is 7.54. The Morgan fingerprint density at radius 3 is 2.43 bits per heavy atom. The minimum atomic E-state index is -3.78. The van der Waals surface area contributed by atoms with Crippen LogP contribution in [0.25, 0.3) is 0 Å². The molecule has 0 aliphatic carbocycles. The van der Waals surface area contributed by atoms with Crippen LogP contribution in [-0.4, -0.2) is 15.5 Å². The van der Waals surface area contributed by atoms with Crippen LogP contribution in [0.2, 0.25) is 0 Å². The van der Waals surface area contributed by atoms with Gasteiger partial charge in [-0.3, -0.25) is 0 Å². The van der Waals surface area contributed by atoms with Crippen LogP contribution in [-0.2, 0) is 9.05 Å². The first-order chi connectivity index (χ1) is 6.38. The van der Waals surface area contributed by atoms with Gasteiger partial charge in [0, 0.05) is 15.2 Å². The molecule has 3 nitrogen and oxygen atoms in total. The zero-order chi connectivity index (χ0) is 10.9. The number of halogens is 2. The third-order valence-corrected chi connectivity index (χ3v) is 4.08. The molecule has 0 aliphatic rings. The Balaban J connectivity index is 3.60. The van der Waals surface area contributed by atoms with E-state index in [1.807, 2.05) is 0 Å². The van der Waals surface area contributed by atoms with Crippen molar-refractivity contribution in [2.24, 2.45) is 0 Å². The first-order valence-electron chi connectivity index (χ1n) is 3.65. The molecule has 0 fully saturated rings. The van der Waals surface area contributed by atoms with Crippen molar-refractivity contribution in [1.82, 2.24) is 0 Å². The predicted molar refractivity (Wildman–Crippen MR) is 58.5 cm³/mol. The van der Waals surface area contributed by atoms with Gasteiger partial charge in [0.2, 0.25) is 0 Å². The topological polar surface area (TPSA) is 43.4 Å². The van der Waals surface area contributed by atoms with Crippen molar-refractivity contribution in [2.75, 3.05) is 7.11 Å². The second kappa shape index (κ2) is 4.08. The molecule has 0 saturated carbocycles. The van der Waals surface area contributed by atoms with Crippen molar-refractivity contribution >= 4 is 35.7 Å².